The third-order valence-corrected chi connectivity index (χ3v) is 8.93. The number of fused-ring (bicyclic) bond motifs is 2. The maximum atomic E-state index is 13.3. The van der Waals surface area contributed by atoms with Crippen LogP contribution in [0, 0.1) is 13.5 Å². The van der Waals surface area contributed by atoms with Gasteiger partial charge in [-0.3, -0.25) is 9.36 Å². The Balaban J connectivity index is 1.63. The fraction of sp³-hybridized carbons (Fsp3) is 0.571. The molecule has 1 amide bonds. The first-order chi connectivity index (χ1) is 19.6. The fourth-order valence-corrected chi connectivity index (χ4v) is 6.77. The zero-order valence-electron chi connectivity index (χ0n) is 24.6. The van der Waals surface area contributed by atoms with E-state index in [1.807, 2.05) is 6.07 Å². The molecule has 2 fully saturated rings. The molecule has 2 saturated heterocycles. The van der Waals surface area contributed by atoms with E-state index < -0.39 is 38.3 Å². The number of rotatable bonds is 11. The number of carbonyl (C=O) groups is 1. The number of aromatic nitrogens is 2. The van der Waals surface area contributed by atoms with Gasteiger partial charge in [0.05, 0.1) is 12.2 Å². The average Bonchev–Trinajstić information content (AvgIpc) is 3.10. The summed E-state index contributed by atoms with van der Waals surface area (Å²) in [4.78, 5) is 33.5. The SMILES string of the molecule is [2H]C[C@]12CCOC(C1OP(OCC[N+]#[C-])N(C(C)C)C(C)C)[C@H](n1cc(C)c(NC(=O)c3ccccc3)nc1=O)O2. The van der Waals surface area contributed by atoms with E-state index in [0.29, 0.717) is 24.2 Å². The predicted molar refractivity (Wildman–Crippen MR) is 152 cm³/mol. The molecule has 4 rings (SSSR count). The molecule has 2 aliphatic heterocycles. The maximum absolute atomic E-state index is 13.3. The molecule has 2 aromatic rings. The molecule has 0 radical (unpaired) electrons. The first kappa shape index (κ1) is 28.8. The molecular formula is C28H38N5O6P. The summed E-state index contributed by atoms with van der Waals surface area (Å²) in [6.07, 6.45) is -0.286. The molecular weight excluding hydrogens is 533 g/mol. The molecule has 5 atom stereocenters. The van der Waals surface area contributed by atoms with E-state index in [9.17, 15) is 9.59 Å². The highest BCUT2D eigenvalue weighted by Gasteiger charge is 2.59. The maximum Gasteiger partial charge on any atom is 0.351 e. The van der Waals surface area contributed by atoms with Gasteiger partial charge in [-0.25, -0.2) is 16.0 Å². The van der Waals surface area contributed by atoms with Crippen LogP contribution in [0.3, 0.4) is 0 Å². The zero-order chi connectivity index (χ0) is 29.7. The molecule has 2 aliphatic rings. The molecule has 3 unspecified atom stereocenters. The van der Waals surface area contributed by atoms with Crippen molar-refractivity contribution in [3.8, 4) is 0 Å². The van der Waals surface area contributed by atoms with Crippen molar-refractivity contribution in [1.29, 1.82) is 0 Å². The van der Waals surface area contributed by atoms with Crippen LogP contribution in [0.2, 0.25) is 0 Å². The second-order valence-electron chi connectivity index (χ2n) is 10.5. The molecule has 1 N–H and O–H groups in total. The van der Waals surface area contributed by atoms with Gasteiger partial charge in [0, 0.05) is 37.2 Å². The number of nitrogens with one attached hydrogen (secondary N) is 1. The Morgan fingerprint density at radius 1 is 1.35 bits per heavy atom. The van der Waals surface area contributed by atoms with Crippen LogP contribution in [0.1, 0.15) is 64.5 Å². The van der Waals surface area contributed by atoms with Gasteiger partial charge < -0.3 is 28.7 Å². The van der Waals surface area contributed by atoms with Gasteiger partial charge in [-0.2, -0.15) is 4.98 Å². The second kappa shape index (κ2) is 12.9. The van der Waals surface area contributed by atoms with Gasteiger partial charge in [-0.1, -0.05) is 18.2 Å². The number of hydrogen-bond acceptors (Lipinski definition) is 8. The zero-order valence-corrected chi connectivity index (χ0v) is 24.5. The van der Waals surface area contributed by atoms with Crippen LogP contribution in [0.25, 0.3) is 4.85 Å². The highest BCUT2D eigenvalue weighted by molar-refractivity contribution is 7.44. The third kappa shape index (κ3) is 6.44. The quantitative estimate of drug-likeness (QED) is 0.238. The lowest BCUT2D eigenvalue weighted by Crippen LogP contribution is -2.49. The Morgan fingerprint density at radius 3 is 2.73 bits per heavy atom. The standard InChI is InChI=1S/C28H38N5O6P/c1-18(2)33(19(3)4)40(37-16-14-29-7)39-23-22-26(38-28(23,6)13-15-36-22)32-17-20(5)24(31-27(32)35)30-25(34)21-11-9-8-10-12-21/h8-12,17-19,22-23,26H,13-16H2,1-6H3,(H,30,31,34,35)/t22?,23?,26-,28+,40?/m1/s1/i6D. The van der Waals surface area contributed by atoms with Crippen molar-refractivity contribution in [2.75, 3.05) is 25.1 Å². The molecule has 11 nitrogen and oxygen atoms in total. The molecule has 2 bridgehead atoms. The molecule has 40 heavy (non-hydrogen) atoms. The number of hydrogen-bond donors (Lipinski definition) is 1. The summed E-state index contributed by atoms with van der Waals surface area (Å²) in [5.41, 5.74) is -0.638. The highest BCUT2D eigenvalue weighted by atomic mass is 31.2. The summed E-state index contributed by atoms with van der Waals surface area (Å²) < 4.78 is 37.3. The topological polar surface area (TPSA) is 109 Å². The molecule has 1 aromatic heterocycles. The second-order valence-corrected chi connectivity index (χ2v) is 11.9. The third-order valence-electron chi connectivity index (χ3n) is 6.82. The highest BCUT2D eigenvalue weighted by Crippen LogP contribution is 2.54. The van der Waals surface area contributed by atoms with Gasteiger partial charge in [0.25, 0.3) is 14.4 Å². The van der Waals surface area contributed by atoms with Crippen molar-refractivity contribution >= 4 is 20.3 Å². The van der Waals surface area contributed by atoms with Crippen LogP contribution in [0.5, 0.6) is 0 Å². The molecule has 216 valence electrons. The summed E-state index contributed by atoms with van der Waals surface area (Å²) in [6.45, 7) is 17.7. The van der Waals surface area contributed by atoms with Crippen molar-refractivity contribution in [3.63, 3.8) is 0 Å². The summed E-state index contributed by atoms with van der Waals surface area (Å²) in [6, 6.07) is 8.86. The molecule has 0 spiro atoms. The number of anilines is 1. The monoisotopic (exact) mass is 572 g/mol. The Labute approximate surface area is 238 Å². The van der Waals surface area contributed by atoms with E-state index in [4.69, 9.17) is 26.5 Å². The fourth-order valence-electron chi connectivity index (χ4n) is 4.96. The van der Waals surface area contributed by atoms with Crippen molar-refractivity contribution in [3.05, 3.63) is 69.6 Å². The predicted octanol–water partition coefficient (Wildman–Crippen LogP) is 4.55. The van der Waals surface area contributed by atoms with Crippen LogP contribution in [0.15, 0.2) is 41.3 Å². The molecule has 3 heterocycles. The number of aryl methyl sites for hydroxylation is 1. The van der Waals surface area contributed by atoms with Crippen LogP contribution >= 0.6 is 8.53 Å². The largest absolute Gasteiger partial charge is 0.371 e. The summed E-state index contributed by atoms with van der Waals surface area (Å²) in [7, 11) is -1.63. The van der Waals surface area contributed by atoms with Crippen molar-refractivity contribution in [2.24, 2.45) is 0 Å². The lowest BCUT2D eigenvalue weighted by atomic mass is 9.92. The summed E-state index contributed by atoms with van der Waals surface area (Å²) >= 11 is 0. The van der Waals surface area contributed by atoms with Crippen LogP contribution < -0.4 is 11.0 Å². The summed E-state index contributed by atoms with van der Waals surface area (Å²) in [5, 5.41) is 2.71. The normalized spacial score (nSPS) is 25.2. The minimum Gasteiger partial charge on any atom is -0.371 e. The van der Waals surface area contributed by atoms with Gasteiger partial charge >= 0.3 is 5.69 Å². The van der Waals surface area contributed by atoms with Crippen molar-refractivity contribution in [2.45, 2.75) is 84.1 Å². The Bertz CT molecular complexity index is 1300. The van der Waals surface area contributed by atoms with Crippen LogP contribution in [-0.2, 0) is 18.5 Å². The van der Waals surface area contributed by atoms with E-state index in [2.05, 4.69) is 47.5 Å². The number of ether oxygens (including phenoxy) is 2. The van der Waals surface area contributed by atoms with E-state index in [0.717, 1.165) is 0 Å². The molecule has 0 saturated carbocycles. The van der Waals surface area contributed by atoms with Crippen molar-refractivity contribution in [1.82, 2.24) is 14.2 Å². The molecule has 12 heteroatoms. The van der Waals surface area contributed by atoms with Gasteiger partial charge in [0.1, 0.15) is 24.6 Å². The van der Waals surface area contributed by atoms with Gasteiger partial charge in [-0.15, -0.1) is 0 Å². The van der Waals surface area contributed by atoms with E-state index in [1.165, 1.54) is 4.57 Å². The van der Waals surface area contributed by atoms with E-state index in [-0.39, 0.29) is 43.9 Å². The van der Waals surface area contributed by atoms with E-state index in [1.54, 1.807) is 37.4 Å². The van der Waals surface area contributed by atoms with E-state index >= 15 is 0 Å². The van der Waals surface area contributed by atoms with Gasteiger partial charge in [0.2, 0.25) is 6.54 Å². The Hall–Kier alpha value is -2.71. The Kier molecular flexibility index (Phi) is 9.26. The molecule has 0 aliphatic carbocycles. The minimum absolute atomic E-state index is 0.0907. The van der Waals surface area contributed by atoms with Gasteiger partial charge in [-0.05, 0) is 53.7 Å². The van der Waals surface area contributed by atoms with Crippen LogP contribution in [0.4, 0.5) is 5.82 Å². The number of amides is 1. The smallest absolute Gasteiger partial charge is 0.351 e. The minimum atomic E-state index is -1.63. The first-order valence-electron chi connectivity index (χ1n) is 14.1. The lowest BCUT2D eigenvalue weighted by molar-refractivity contribution is -0.103. The summed E-state index contributed by atoms with van der Waals surface area (Å²) in [5.74, 6) is -0.214. The van der Waals surface area contributed by atoms with Crippen molar-refractivity contribution < 1.29 is 24.7 Å². The number of carbonyl (C=O) groups excluding carboxylic acids is 1. The molecule has 1 aromatic carbocycles. The van der Waals surface area contributed by atoms with Gasteiger partial charge in [0.15, 0.2) is 6.23 Å². The average molecular weight is 573 g/mol. The number of nitrogens with zero attached hydrogens (tertiary/aromatic N) is 4. The lowest BCUT2D eigenvalue weighted by Gasteiger charge is -2.41. The van der Waals surface area contributed by atoms with Crippen LogP contribution in [-0.4, -0.2) is 69.8 Å². The Morgan fingerprint density at radius 2 is 2.08 bits per heavy atom. The number of benzene rings is 1. The first-order valence-corrected chi connectivity index (χ1v) is 14.5.